The maximum Gasteiger partial charge on any atom is 0.387 e. The number of hydrogen-bond acceptors (Lipinski definition) is 8. The third kappa shape index (κ3) is 5.16. The van der Waals surface area contributed by atoms with E-state index in [4.69, 9.17) is 14.2 Å². The van der Waals surface area contributed by atoms with Crippen LogP contribution in [0.3, 0.4) is 0 Å². The Morgan fingerprint density at radius 1 is 1.16 bits per heavy atom. The van der Waals surface area contributed by atoms with Gasteiger partial charge in [0.1, 0.15) is 10.6 Å². The number of aryl methyl sites for hydroxylation is 1. The van der Waals surface area contributed by atoms with Gasteiger partial charge in [0.2, 0.25) is 0 Å². The summed E-state index contributed by atoms with van der Waals surface area (Å²) in [6.07, 6.45) is 2.44. The second-order valence-electron chi connectivity index (χ2n) is 6.62. The number of hydrogen-bond donors (Lipinski definition) is 1. The van der Waals surface area contributed by atoms with Gasteiger partial charge >= 0.3 is 18.6 Å². The lowest BCUT2D eigenvalue weighted by atomic mass is 10.1. The van der Waals surface area contributed by atoms with Gasteiger partial charge in [-0.2, -0.15) is 8.78 Å². The number of halogens is 2. The maximum absolute atomic E-state index is 12.7. The number of carbonyl (C=O) groups excluding carboxylic acids is 3. The third-order valence-electron chi connectivity index (χ3n) is 4.61. The van der Waals surface area contributed by atoms with E-state index < -0.39 is 36.8 Å². The average Bonchev–Trinajstić information content (AvgIpc) is 3.32. The van der Waals surface area contributed by atoms with E-state index in [0.717, 1.165) is 23.3 Å². The summed E-state index contributed by atoms with van der Waals surface area (Å²) < 4.78 is 44.9. The molecule has 1 aliphatic carbocycles. The van der Waals surface area contributed by atoms with Gasteiger partial charge in [-0.15, -0.1) is 11.3 Å². The summed E-state index contributed by atoms with van der Waals surface area (Å²) in [5, 5.41) is 2.91. The Morgan fingerprint density at radius 2 is 1.94 bits per heavy atom. The quantitative estimate of drug-likeness (QED) is 0.558. The summed E-state index contributed by atoms with van der Waals surface area (Å²) in [6, 6.07) is 3.95. The largest absolute Gasteiger partial charge is 0.493 e. The van der Waals surface area contributed by atoms with Crippen LogP contribution in [-0.4, -0.2) is 44.8 Å². The molecule has 3 rings (SSSR count). The van der Waals surface area contributed by atoms with Gasteiger partial charge in [-0.3, -0.25) is 4.79 Å². The van der Waals surface area contributed by atoms with Gasteiger partial charge in [0.25, 0.3) is 5.91 Å². The topological polar surface area (TPSA) is 100 Å². The number of esters is 2. The summed E-state index contributed by atoms with van der Waals surface area (Å²) in [6.45, 7) is -2.01. The first-order valence-electron chi connectivity index (χ1n) is 9.76. The van der Waals surface area contributed by atoms with Crippen molar-refractivity contribution < 1.29 is 42.1 Å². The van der Waals surface area contributed by atoms with Crippen LogP contribution in [0.15, 0.2) is 18.2 Å². The highest BCUT2D eigenvalue weighted by atomic mass is 32.1. The monoisotopic (exact) mass is 469 g/mol. The Kier molecular flexibility index (Phi) is 7.62. The second-order valence-corrected chi connectivity index (χ2v) is 7.73. The molecular formula is C21H21F2NO7S. The van der Waals surface area contributed by atoms with Crippen molar-refractivity contribution in [2.75, 3.05) is 25.6 Å². The highest BCUT2D eigenvalue weighted by molar-refractivity contribution is 7.17. The Bertz CT molecular complexity index is 1020. The number of methoxy groups -OCH3 is 1. The van der Waals surface area contributed by atoms with Crippen LogP contribution < -0.4 is 14.8 Å². The number of anilines is 1. The van der Waals surface area contributed by atoms with Crippen LogP contribution >= 0.6 is 11.3 Å². The molecule has 11 heteroatoms. The van der Waals surface area contributed by atoms with E-state index in [1.54, 1.807) is 6.92 Å². The molecule has 0 unspecified atom stereocenters. The number of para-hydroxylation sites is 1. The zero-order valence-electron chi connectivity index (χ0n) is 17.4. The van der Waals surface area contributed by atoms with Crippen LogP contribution in [0.5, 0.6) is 11.5 Å². The summed E-state index contributed by atoms with van der Waals surface area (Å²) in [5.41, 5.74) is 0.870. The number of amides is 1. The van der Waals surface area contributed by atoms with Gasteiger partial charge in [0.05, 0.1) is 19.3 Å². The lowest BCUT2D eigenvalue weighted by Crippen LogP contribution is -2.22. The van der Waals surface area contributed by atoms with E-state index in [1.165, 1.54) is 36.6 Å². The molecule has 0 saturated carbocycles. The molecule has 2 aromatic rings. The van der Waals surface area contributed by atoms with Crippen molar-refractivity contribution in [1.29, 1.82) is 0 Å². The predicted molar refractivity (Wildman–Crippen MR) is 111 cm³/mol. The highest BCUT2D eigenvalue weighted by Gasteiger charge is 2.29. The van der Waals surface area contributed by atoms with Crippen LogP contribution in [0.2, 0.25) is 0 Å². The minimum absolute atomic E-state index is 0.0867. The van der Waals surface area contributed by atoms with Crippen molar-refractivity contribution in [2.45, 2.75) is 32.8 Å². The molecule has 0 fully saturated rings. The minimum atomic E-state index is -3.19. The van der Waals surface area contributed by atoms with Crippen molar-refractivity contribution >= 4 is 34.2 Å². The lowest BCUT2D eigenvalue weighted by Gasteiger charge is -2.14. The SMILES string of the molecule is CCOC(=O)c1c(NC(=O)COC(=O)c2cccc(OC)c2OC(F)F)sc2c1CCC2. The number of ether oxygens (including phenoxy) is 4. The van der Waals surface area contributed by atoms with E-state index in [9.17, 15) is 23.2 Å². The molecule has 1 amide bonds. The first-order chi connectivity index (χ1) is 15.3. The van der Waals surface area contributed by atoms with Gasteiger partial charge in [0.15, 0.2) is 18.1 Å². The maximum atomic E-state index is 12.7. The van der Waals surface area contributed by atoms with Crippen molar-refractivity contribution in [3.8, 4) is 11.5 Å². The molecule has 0 saturated heterocycles. The summed E-state index contributed by atoms with van der Waals surface area (Å²) in [5.74, 6) is -2.84. The molecule has 1 N–H and O–H groups in total. The van der Waals surface area contributed by atoms with E-state index in [0.29, 0.717) is 17.0 Å². The van der Waals surface area contributed by atoms with Crippen LogP contribution in [0.25, 0.3) is 0 Å². The number of nitrogens with one attached hydrogen (secondary N) is 1. The zero-order chi connectivity index (χ0) is 23.3. The molecule has 1 aromatic carbocycles. The Morgan fingerprint density at radius 3 is 2.62 bits per heavy atom. The number of carbonyl (C=O) groups is 3. The highest BCUT2D eigenvalue weighted by Crippen LogP contribution is 2.39. The van der Waals surface area contributed by atoms with Crippen LogP contribution in [0.1, 0.15) is 44.5 Å². The van der Waals surface area contributed by atoms with E-state index in [-0.39, 0.29) is 17.9 Å². The first kappa shape index (κ1) is 23.5. The van der Waals surface area contributed by atoms with Crippen LogP contribution in [-0.2, 0) is 27.1 Å². The molecule has 1 aromatic heterocycles. The second kappa shape index (κ2) is 10.4. The Balaban J connectivity index is 1.70. The molecule has 172 valence electrons. The molecule has 1 heterocycles. The first-order valence-corrected chi connectivity index (χ1v) is 10.6. The number of rotatable bonds is 9. The van der Waals surface area contributed by atoms with Gasteiger partial charge in [-0.05, 0) is 43.9 Å². The average molecular weight is 469 g/mol. The van der Waals surface area contributed by atoms with Crippen LogP contribution in [0.4, 0.5) is 13.8 Å². The normalized spacial score (nSPS) is 12.3. The molecule has 0 radical (unpaired) electrons. The standard InChI is InChI=1S/C21H21F2NO7S/c1-3-29-20(27)16-11-6-5-9-14(11)32-18(16)24-15(25)10-30-19(26)12-7-4-8-13(28-2)17(12)31-21(22)23/h4,7-8,21H,3,5-6,9-10H2,1-2H3,(H,24,25). The van der Waals surface area contributed by atoms with Gasteiger partial charge < -0.3 is 24.3 Å². The molecular weight excluding hydrogens is 448 g/mol. The predicted octanol–water partition coefficient (Wildman–Crippen LogP) is 3.82. The minimum Gasteiger partial charge on any atom is -0.493 e. The fourth-order valence-corrected chi connectivity index (χ4v) is 4.62. The van der Waals surface area contributed by atoms with Gasteiger partial charge in [-0.1, -0.05) is 6.07 Å². The number of fused-ring (bicyclic) bond motifs is 1. The van der Waals surface area contributed by atoms with Crippen molar-refractivity contribution in [3.05, 3.63) is 39.8 Å². The third-order valence-corrected chi connectivity index (χ3v) is 5.82. The summed E-state index contributed by atoms with van der Waals surface area (Å²) in [4.78, 5) is 38.1. The molecule has 32 heavy (non-hydrogen) atoms. The fraction of sp³-hybridized carbons (Fsp3) is 0.381. The molecule has 1 aliphatic rings. The molecule has 0 aliphatic heterocycles. The van der Waals surface area contributed by atoms with Crippen LogP contribution in [0, 0.1) is 0 Å². The number of benzene rings is 1. The van der Waals surface area contributed by atoms with Gasteiger partial charge in [-0.25, -0.2) is 9.59 Å². The Hall–Kier alpha value is -3.21. The van der Waals surface area contributed by atoms with Crippen molar-refractivity contribution in [1.82, 2.24) is 0 Å². The number of alkyl halides is 2. The molecule has 0 atom stereocenters. The molecule has 8 nitrogen and oxygen atoms in total. The smallest absolute Gasteiger partial charge is 0.387 e. The lowest BCUT2D eigenvalue weighted by molar-refractivity contribution is -0.119. The fourth-order valence-electron chi connectivity index (χ4n) is 3.33. The number of thiophene rings is 1. The van der Waals surface area contributed by atoms with E-state index in [1.807, 2.05) is 0 Å². The summed E-state index contributed by atoms with van der Waals surface area (Å²) >= 11 is 1.28. The molecule has 0 bridgehead atoms. The van der Waals surface area contributed by atoms with E-state index in [2.05, 4.69) is 10.1 Å². The summed E-state index contributed by atoms with van der Waals surface area (Å²) in [7, 11) is 1.23. The van der Waals surface area contributed by atoms with E-state index >= 15 is 0 Å². The molecule has 0 spiro atoms. The van der Waals surface area contributed by atoms with Gasteiger partial charge in [0, 0.05) is 4.88 Å². The van der Waals surface area contributed by atoms with Crippen molar-refractivity contribution in [3.63, 3.8) is 0 Å². The van der Waals surface area contributed by atoms with Crippen molar-refractivity contribution in [2.24, 2.45) is 0 Å². The Labute approximate surface area is 186 Å². The zero-order valence-corrected chi connectivity index (χ0v) is 18.2.